The fraction of sp³-hybridized carbons (Fsp3) is 0.727. The molecule has 2 rings (SSSR count). The zero-order valence-electron chi connectivity index (χ0n) is 17.3. The molecule has 1 saturated heterocycles. The molecule has 0 radical (unpaired) electrons. The van der Waals surface area contributed by atoms with Gasteiger partial charge in [0, 0.05) is 32.9 Å². The van der Waals surface area contributed by atoms with E-state index in [0.29, 0.717) is 37.9 Å². The molecule has 0 bridgehead atoms. The van der Waals surface area contributed by atoms with Crippen molar-refractivity contribution in [1.82, 2.24) is 4.90 Å². The molecule has 0 unspecified atom stereocenters. The number of nitrogens with zero attached hydrogens (tertiary/aromatic N) is 1. The van der Waals surface area contributed by atoms with Crippen LogP contribution in [0.2, 0.25) is 0 Å². The van der Waals surface area contributed by atoms with Gasteiger partial charge in [-0.2, -0.15) is 0 Å². The molecule has 0 spiro atoms. The van der Waals surface area contributed by atoms with Crippen molar-refractivity contribution in [1.29, 1.82) is 0 Å². The van der Waals surface area contributed by atoms with Gasteiger partial charge in [0.15, 0.2) is 5.76 Å². The summed E-state index contributed by atoms with van der Waals surface area (Å²) in [6.07, 6.45) is 9.81. The molecule has 0 aromatic heterocycles. The Bertz CT molecular complexity index is 598. The molecule has 2 N–H and O–H groups in total. The van der Waals surface area contributed by atoms with E-state index in [1.165, 1.54) is 0 Å². The van der Waals surface area contributed by atoms with E-state index in [9.17, 15) is 19.8 Å². The first-order chi connectivity index (χ1) is 13.3. The van der Waals surface area contributed by atoms with Gasteiger partial charge in [-0.1, -0.05) is 38.3 Å². The molecule has 5 atom stereocenters. The molecule has 2 fully saturated rings. The number of carbonyl (C=O) groups excluding carboxylic acids is 2. The summed E-state index contributed by atoms with van der Waals surface area (Å²) in [5.41, 5.74) is 0. The molecular formula is C22H35NO5. The Labute approximate surface area is 168 Å². The van der Waals surface area contributed by atoms with Gasteiger partial charge in [0.2, 0.25) is 11.7 Å². The minimum absolute atomic E-state index is 0.0692. The second kappa shape index (κ2) is 10.8. The summed E-state index contributed by atoms with van der Waals surface area (Å²) in [6, 6.07) is 0. The summed E-state index contributed by atoms with van der Waals surface area (Å²) in [6.45, 7) is 2.12. The van der Waals surface area contributed by atoms with Crippen molar-refractivity contribution in [2.24, 2.45) is 11.8 Å². The quantitative estimate of drug-likeness (QED) is 0.338. The summed E-state index contributed by atoms with van der Waals surface area (Å²) < 4.78 is 5.80. The van der Waals surface area contributed by atoms with E-state index >= 15 is 0 Å². The highest BCUT2D eigenvalue weighted by Gasteiger charge is 2.52. The van der Waals surface area contributed by atoms with Crippen LogP contribution >= 0.6 is 0 Å². The van der Waals surface area contributed by atoms with Crippen LogP contribution in [0, 0.1) is 11.8 Å². The van der Waals surface area contributed by atoms with E-state index < -0.39 is 12.2 Å². The van der Waals surface area contributed by atoms with Gasteiger partial charge >= 0.3 is 0 Å². The Balaban J connectivity index is 1.90. The second-order valence-corrected chi connectivity index (χ2v) is 8.12. The summed E-state index contributed by atoms with van der Waals surface area (Å²) in [4.78, 5) is 25.9. The summed E-state index contributed by atoms with van der Waals surface area (Å²) >= 11 is 0. The molecular weight excluding hydrogens is 358 g/mol. The molecule has 1 aliphatic carbocycles. The highest BCUT2D eigenvalue weighted by Crippen LogP contribution is 2.43. The zero-order valence-corrected chi connectivity index (χ0v) is 17.3. The number of carbonyl (C=O) groups is 2. The van der Waals surface area contributed by atoms with Gasteiger partial charge in [-0.25, -0.2) is 0 Å². The number of ketones is 1. The Morgan fingerprint density at radius 2 is 2.07 bits per heavy atom. The fourth-order valence-electron chi connectivity index (χ4n) is 3.94. The molecule has 0 aromatic carbocycles. The number of ether oxygens (including phenoxy) is 1. The largest absolute Gasteiger partial charge is 0.486 e. The van der Waals surface area contributed by atoms with Crippen LogP contribution in [-0.2, 0) is 14.3 Å². The molecule has 158 valence electrons. The number of fused-ring (bicyclic) bond motifs is 1. The Morgan fingerprint density at radius 3 is 2.75 bits per heavy atom. The standard InChI is InChI=1S/C22H35NO5/c1-4-5-6-9-15(24)12-13-16-17(25)14-19-21(16)22(27)18(28-19)10-7-8-11-20(26)23(2)3/h10,12-13,15-17,19,21,24-25H,4-9,11,14H2,1-3H3/t15-,16-,17+,19-,21+/m0/s1. The fourth-order valence-corrected chi connectivity index (χ4v) is 3.94. The van der Waals surface area contributed by atoms with E-state index in [0.717, 1.165) is 19.3 Å². The third kappa shape index (κ3) is 5.92. The topological polar surface area (TPSA) is 87.1 Å². The Hall–Kier alpha value is -1.66. The highest BCUT2D eigenvalue weighted by atomic mass is 16.5. The van der Waals surface area contributed by atoms with Crippen molar-refractivity contribution in [3.63, 3.8) is 0 Å². The van der Waals surface area contributed by atoms with Crippen LogP contribution in [0.5, 0.6) is 0 Å². The minimum Gasteiger partial charge on any atom is -0.486 e. The second-order valence-electron chi connectivity index (χ2n) is 8.12. The average molecular weight is 394 g/mol. The minimum atomic E-state index is -0.627. The number of aliphatic hydroxyl groups is 2. The third-order valence-corrected chi connectivity index (χ3v) is 5.64. The maximum atomic E-state index is 12.8. The van der Waals surface area contributed by atoms with E-state index in [2.05, 4.69) is 6.92 Å². The number of hydrogen-bond acceptors (Lipinski definition) is 5. The van der Waals surface area contributed by atoms with Crippen molar-refractivity contribution < 1.29 is 24.5 Å². The molecule has 6 nitrogen and oxygen atoms in total. The number of hydrogen-bond donors (Lipinski definition) is 2. The predicted octanol–water partition coefficient (Wildman–Crippen LogP) is 2.59. The lowest BCUT2D eigenvalue weighted by Crippen LogP contribution is -2.24. The maximum Gasteiger partial charge on any atom is 0.222 e. The average Bonchev–Trinajstić information content (AvgIpc) is 3.11. The predicted molar refractivity (Wildman–Crippen MR) is 107 cm³/mol. The molecule has 1 saturated carbocycles. The molecule has 1 heterocycles. The van der Waals surface area contributed by atoms with Crippen LogP contribution in [0.3, 0.4) is 0 Å². The first kappa shape index (κ1) is 22.6. The monoisotopic (exact) mass is 393 g/mol. The Morgan fingerprint density at radius 1 is 1.32 bits per heavy atom. The normalized spacial score (nSPS) is 29.3. The number of Topliss-reactive ketones (excluding diaryl/α,β-unsaturated/α-hetero) is 1. The van der Waals surface area contributed by atoms with Crippen LogP contribution in [0.1, 0.15) is 58.3 Å². The first-order valence-electron chi connectivity index (χ1n) is 10.5. The lowest BCUT2D eigenvalue weighted by Gasteiger charge is -2.15. The van der Waals surface area contributed by atoms with Gasteiger partial charge in [-0.15, -0.1) is 0 Å². The van der Waals surface area contributed by atoms with Gasteiger partial charge in [-0.3, -0.25) is 9.59 Å². The number of allylic oxidation sites excluding steroid dienone is 2. The molecule has 28 heavy (non-hydrogen) atoms. The smallest absolute Gasteiger partial charge is 0.222 e. The van der Waals surface area contributed by atoms with Crippen LogP contribution in [0.15, 0.2) is 24.0 Å². The van der Waals surface area contributed by atoms with Crippen molar-refractivity contribution in [3.05, 3.63) is 24.0 Å². The molecule has 1 amide bonds. The Kier molecular flexibility index (Phi) is 8.70. The highest BCUT2D eigenvalue weighted by molar-refractivity contribution is 5.98. The van der Waals surface area contributed by atoms with Crippen LogP contribution in [0.4, 0.5) is 0 Å². The van der Waals surface area contributed by atoms with Crippen LogP contribution < -0.4 is 0 Å². The van der Waals surface area contributed by atoms with E-state index in [4.69, 9.17) is 4.74 Å². The number of rotatable bonds is 10. The van der Waals surface area contributed by atoms with E-state index in [1.54, 1.807) is 37.2 Å². The van der Waals surface area contributed by atoms with Crippen LogP contribution in [0.25, 0.3) is 0 Å². The van der Waals surface area contributed by atoms with E-state index in [-0.39, 0.29) is 29.6 Å². The molecule has 6 heteroatoms. The summed E-state index contributed by atoms with van der Waals surface area (Å²) in [7, 11) is 3.45. The number of unbranched alkanes of at least 4 members (excludes halogenated alkanes) is 3. The number of amides is 1. The summed E-state index contributed by atoms with van der Waals surface area (Å²) in [5, 5.41) is 20.4. The van der Waals surface area contributed by atoms with E-state index in [1.807, 2.05) is 0 Å². The van der Waals surface area contributed by atoms with Crippen molar-refractivity contribution in [2.45, 2.75) is 76.6 Å². The molecule has 2 aliphatic rings. The van der Waals surface area contributed by atoms with Gasteiger partial charge in [0.1, 0.15) is 6.10 Å². The van der Waals surface area contributed by atoms with Gasteiger partial charge in [-0.05, 0) is 25.3 Å². The lowest BCUT2D eigenvalue weighted by molar-refractivity contribution is -0.128. The maximum absolute atomic E-state index is 12.8. The summed E-state index contributed by atoms with van der Waals surface area (Å²) in [5.74, 6) is -0.347. The zero-order chi connectivity index (χ0) is 20.7. The SMILES string of the molecule is CCCCC[C@H](O)C=C[C@@H]1[C@H]2C(=O)C(=CCCCC(=O)N(C)C)O[C@H]2C[C@H]1O. The first-order valence-corrected chi connectivity index (χ1v) is 10.5. The lowest BCUT2D eigenvalue weighted by atomic mass is 9.89. The van der Waals surface area contributed by atoms with Gasteiger partial charge in [0.25, 0.3) is 0 Å². The van der Waals surface area contributed by atoms with Gasteiger partial charge < -0.3 is 19.8 Å². The van der Waals surface area contributed by atoms with Gasteiger partial charge in [0.05, 0.1) is 18.1 Å². The van der Waals surface area contributed by atoms with Crippen LogP contribution in [-0.4, -0.2) is 59.2 Å². The third-order valence-electron chi connectivity index (χ3n) is 5.64. The molecule has 0 aromatic rings. The van der Waals surface area contributed by atoms with Crippen molar-refractivity contribution >= 4 is 11.7 Å². The van der Waals surface area contributed by atoms with Crippen molar-refractivity contribution in [3.8, 4) is 0 Å². The molecule has 1 aliphatic heterocycles. The van der Waals surface area contributed by atoms with Crippen molar-refractivity contribution in [2.75, 3.05) is 14.1 Å². The number of aliphatic hydroxyl groups excluding tert-OH is 2.